The Morgan fingerprint density at radius 3 is 2.48 bits per heavy atom. The molecular formula is C21H21F3N4O3S2. The molecule has 2 aromatic carbocycles. The number of thioether (sulfide) groups is 1. The molecule has 2 heterocycles. The molecule has 176 valence electrons. The summed E-state index contributed by atoms with van der Waals surface area (Å²) in [6.07, 6.45) is -4.51. The van der Waals surface area contributed by atoms with Crippen molar-refractivity contribution < 1.29 is 26.3 Å². The minimum absolute atomic E-state index is 0.0742. The van der Waals surface area contributed by atoms with Crippen LogP contribution in [0.4, 0.5) is 13.2 Å². The van der Waals surface area contributed by atoms with Gasteiger partial charge in [0, 0.05) is 18.7 Å². The molecule has 0 spiro atoms. The van der Waals surface area contributed by atoms with Crippen LogP contribution in [-0.4, -0.2) is 59.5 Å². The molecule has 0 N–H and O–H groups in total. The monoisotopic (exact) mass is 498 g/mol. The second-order valence-electron chi connectivity index (χ2n) is 7.17. The maximum absolute atomic E-state index is 13.3. The highest BCUT2D eigenvalue weighted by molar-refractivity contribution is 7.99. The number of hydrogen-bond acceptors (Lipinski definition) is 6. The van der Waals surface area contributed by atoms with Crippen LogP contribution in [-0.2, 0) is 20.9 Å². The van der Waals surface area contributed by atoms with Crippen LogP contribution < -0.4 is 0 Å². The molecule has 1 aliphatic rings. The van der Waals surface area contributed by atoms with Crippen LogP contribution in [0.5, 0.6) is 0 Å². The molecule has 3 aromatic rings. The van der Waals surface area contributed by atoms with Gasteiger partial charge < -0.3 is 4.74 Å². The Morgan fingerprint density at radius 2 is 1.79 bits per heavy atom. The first-order valence-corrected chi connectivity index (χ1v) is 12.6. The number of sulfonamides is 1. The van der Waals surface area contributed by atoms with Gasteiger partial charge in [0.2, 0.25) is 10.0 Å². The summed E-state index contributed by atoms with van der Waals surface area (Å²) in [6, 6.07) is 11.1. The summed E-state index contributed by atoms with van der Waals surface area (Å²) in [7, 11) is -3.76. The third-order valence-electron chi connectivity index (χ3n) is 5.04. The predicted octanol–water partition coefficient (Wildman–Crippen LogP) is 4.09. The fourth-order valence-corrected chi connectivity index (χ4v) is 5.60. The Kier molecular flexibility index (Phi) is 6.80. The maximum Gasteiger partial charge on any atom is 0.416 e. The summed E-state index contributed by atoms with van der Waals surface area (Å²) in [5.41, 5.74) is -0.129. The van der Waals surface area contributed by atoms with Crippen LogP contribution in [0.3, 0.4) is 0 Å². The van der Waals surface area contributed by atoms with E-state index in [9.17, 15) is 21.6 Å². The average molecular weight is 499 g/mol. The third kappa shape index (κ3) is 4.93. The topological polar surface area (TPSA) is 77.3 Å². The van der Waals surface area contributed by atoms with Gasteiger partial charge in [-0.2, -0.15) is 17.5 Å². The molecule has 7 nitrogen and oxygen atoms in total. The number of aromatic nitrogens is 3. The molecule has 1 fully saturated rings. The van der Waals surface area contributed by atoms with E-state index in [1.54, 1.807) is 12.1 Å². The van der Waals surface area contributed by atoms with E-state index in [1.807, 2.05) is 6.92 Å². The minimum Gasteiger partial charge on any atom is -0.379 e. The van der Waals surface area contributed by atoms with E-state index in [0.717, 1.165) is 12.1 Å². The summed E-state index contributed by atoms with van der Waals surface area (Å²) in [6.45, 7) is 3.04. The number of halogens is 3. The van der Waals surface area contributed by atoms with Gasteiger partial charge in [-0.25, -0.2) is 8.42 Å². The van der Waals surface area contributed by atoms with Crippen LogP contribution in [0.25, 0.3) is 17.1 Å². The first kappa shape index (κ1) is 23.7. The molecule has 1 aliphatic heterocycles. The van der Waals surface area contributed by atoms with Gasteiger partial charge >= 0.3 is 6.18 Å². The van der Waals surface area contributed by atoms with Gasteiger partial charge in [-0.05, 0) is 36.1 Å². The van der Waals surface area contributed by atoms with Gasteiger partial charge in [0.15, 0.2) is 11.0 Å². The molecule has 0 amide bonds. The number of nitrogens with zero attached hydrogens (tertiary/aromatic N) is 4. The van der Waals surface area contributed by atoms with Crippen LogP contribution in [0.2, 0.25) is 0 Å². The van der Waals surface area contributed by atoms with Crippen molar-refractivity contribution in [2.24, 2.45) is 0 Å². The summed E-state index contributed by atoms with van der Waals surface area (Å²) in [5, 5.41) is 8.75. The van der Waals surface area contributed by atoms with E-state index in [4.69, 9.17) is 4.74 Å². The lowest BCUT2D eigenvalue weighted by Gasteiger charge is -2.26. The zero-order valence-electron chi connectivity index (χ0n) is 17.6. The Balaban J connectivity index is 1.81. The van der Waals surface area contributed by atoms with Gasteiger partial charge in [-0.1, -0.05) is 36.9 Å². The number of morpholine rings is 1. The lowest BCUT2D eigenvalue weighted by Crippen LogP contribution is -2.40. The quantitative estimate of drug-likeness (QED) is 0.477. The fourth-order valence-electron chi connectivity index (χ4n) is 3.47. The Morgan fingerprint density at radius 1 is 1.06 bits per heavy atom. The van der Waals surface area contributed by atoms with Crippen LogP contribution in [0.15, 0.2) is 58.6 Å². The van der Waals surface area contributed by atoms with E-state index in [0.29, 0.717) is 29.7 Å². The second kappa shape index (κ2) is 9.45. The van der Waals surface area contributed by atoms with Gasteiger partial charge in [0.05, 0.1) is 29.4 Å². The van der Waals surface area contributed by atoms with E-state index in [1.165, 1.54) is 44.9 Å². The van der Waals surface area contributed by atoms with E-state index < -0.39 is 21.8 Å². The predicted molar refractivity (Wildman–Crippen MR) is 118 cm³/mol. The smallest absolute Gasteiger partial charge is 0.379 e. The number of alkyl halides is 3. The van der Waals surface area contributed by atoms with Crippen molar-refractivity contribution in [1.82, 2.24) is 19.1 Å². The molecule has 0 saturated carbocycles. The molecular weight excluding hydrogens is 477 g/mol. The molecule has 0 bridgehead atoms. The standard InChI is InChI=1S/C21H21F3N4O3S2/c1-2-32-20-26-25-19(28(20)17-7-4-6-16(14-17)21(22,23)24)15-5-3-8-18(13-15)33(29,30)27-9-11-31-12-10-27/h3-8,13-14H,2,9-12H2,1H3. The highest BCUT2D eigenvalue weighted by Gasteiger charge is 2.31. The Hall–Kier alpha value is -2.41. The number of rotatable bonds is 6. The first-order chi connectivity index (χ1) is 15.7. The molecule has 12 heteroatoms. The van der Waals surface area contributed by atoms with Crippen molar-refractivity contribution in [2.75, 3.05) is 32.1 Å². The lowest BCUT2D eigenvalue weighted by atomic mass is 10.1. The number of ether oxygens (including phenoxy) is 1. The zero-order chi connectivity index (χ0) is 23.6. The largest absolute Gasteiger partial charge is 0.416 e. The van der Waals surface area contributed by atoms with Crippen LogP contribution in [0.1, 0.15) is 12.5 Å². The van der Waals surface area contributed by atoms with E-state index in [2.05, 4.69) is 10.2 Å². The maximum atomic E-state index is 13.3. The summed E-state index contributed by atoms with van der Waals surface area (Å²) in [5.74, 6) is 0.882. The molecule has 33 heavy (non-hydrogen) atoms. The SMILES string of the molecule is CCSc1nnc(-c2cccc(S(=O)(=O)N3CCOCC3)c2)n1-c1cccc(C(F)(F)F)c1. The minimum atomic E-state index is -4.51. The molecule has 0 atom stereocenters. The molecule has 1 aromatic heterocycles. The zero-order valence-corrected chi connectivity index (χ0v) is 19.3. The number of benzene rings is 2. The summed E-state index contributed by atoms with van der Waals surface area (Å²) >= 11 is 1.33. The third-order valence-corrected chi connectivity index (χ3v) is 7.74. The molecule has 0 radical (unpaired) electrons. The van der Waals surface area contributed by atoms with E-state index in [-0.39, 0.29) is 29.5 Å². The van der Waals surface area contributed by atoms with E-state index >= 15 is 0 Å². The second-order valence-corrected chi connectivity index (χ2v) is 10.3. The first-order valence-electron chi connectivity index (χ1n) is 10.2. The van der Waals surface area contributed by atoms with Crippen molar-refractivity contribution in [3.8, 4) is 17.1 Å². The molecule has 0 unspecified atom stereocenters. The molecule has 1 saturated heterocycles. The van der Waals surface area contributed by atoms with Crippen molar-refractivity contribution >= 4 is 21.8 Å². The molecule has 0 aliphatic carbocycles. The van der Waals surface area contributed by atoms with Gasteiger partial charge in [-0.3, -0.25) is 4.57 Å². The van der Waals surface area contributed by atoms with Gasteiger partial charge in [-0.15, -0.1) is 10.2 Å². The Bertz CT molecular complexity index is 1240. The number of hydrogen-bond donors (Lipinski definition) is 0. The highest BCUT2D eigenvalue weighted by atomic mass is 32.2. The van der Waals surface area contributed by atoms with Crippen molar-refractivity contribution in [3.63, 3.8) is 0 Å². The molecule has 4 rings (SSSR count). The van der Waals surface area contributed by atoms with Crippen LogP contribution >= 0.6 is 11.8 Å². The summed E-state index contributed by atoms with van der Waals surface area (Å²) in [4.78, 5) is 0.0742. The van der Waals surface area contributed by atoms with Crippen molar-refractivity contribution in [2.45, 2.75) is 23.2 Å². The Labute approximate surface area is 193 Å². The van der Waals surface area contributed by atoms with Gasteiger partial charge in [0.1, 0.15) is 0 Å². The van der Waals surface area contributed by atoms with Gasteiger partial charge in [0.25, 0.3) is 0 Å². The fraction of sp³-hybridized carbons (Fsp3) is 0.333. The highest BCUT2D eigenvalue weighted by Crippen LogP contribution is 2.34. The van der Waals surface area contributed by atoms with Crippen molar-refractivity contribution in [3.05, 3.63) is 54.1 Å². The normalized spacial score (nSPS) is 15.6. The average Bonchev–Trinajstić information content (AvgIpc) is 3.23. The summed E-state index contributed by atoms with van der Waals surface area (Å²) < 4.78 is 74.2. The van der Waals surface area contributed by atoms with Crippen LogP contribution in [0, 0.1) is 0 Å². The lowest BCUT2D eigenvalue weighted by molar-refractivity contribution is -0.137. The van der Waals surface area contributed by atoms with Crippen molar-refractivity contribution in [1.29, 1.82) is 0 Å².